The number of carbonyl (C=O) groups is 2. The van der Waals surface area contributed by atoms with Crippen LogP contribution in [0, 0.1) is 17.6 Å². The first-order valence-electron chi connectivity index (χ1n) is 9.22. The zero-order valence-electron chi connectivity index (χ0n) is 16.3. The summed E-state index contributed by atoms with van der Waals surface area (Å²) in [5.41, 5.74) is -1.55. The van der Waals surface area contributed by atoms with Crippen LogP contribution in [0.5, 0.6) is 0 Å². The van der Waals surface area contributed by atoms with Gasteiger partial charge in [-0.25, -0.2) is 13.6 Å². The molecule has 0 saturated carbocycles. The molecule has 0 radical (unpaired) electrons. The van der Waals surface area contributed by atoms with Crippen LogP contribution in [0.2, 0.25) is 0 Å². The molecule has 28 heavy (non-hydrogen) atoms. The van der Waals surface area contributed by atoms with Crippen LogP contribution in [-0.4, -0.2) is 35.7 Å². The van der Waals surface area contributed by atoms with Crippen molar-refractivity contribution >= 4 is 11.9 Å². The Labute approximate surface area is 163 Å². The second kappa shape index (κ2) is 9.14. The molecule has 1 atom stereocenters. The predicted molar refractivity (Wildman–Crippen MR) is 99.3 cm³/mol. The number of benzene rings is 1. The number of nitrogens with one attached hydrogen (secondary N) is 2. The maximum absolute atomic E-state index is 13.8. The van der Waals surface area contributed by atoms with Crippen LogP contribution in [0.4, 0.5) is 8.78 Å². The van der Waals surface area contributed by atoms with E-state index in [9.17, 15) is 23.5 Å². The van der Waals surface area contributed by atoms with Crippen molar-refractivity contribution in [2.45, 2.75) is 45.7 Å². The smallest absolute Gasteiger partial charge is 0.347 e. The highest BCUT2D eigenvalue weighted by molar-refractivity contribution is 6.17. The number of aliphatic hydroxyl groups excluding tert-OH is 1. The third kappa shape index (κ3) is 5.07. The molecule has 1 aromatic rings. The average Bonchev–Trinajstić information content (AvgIpc) is 3.09. The molecule has 1 heterocycles. The number of aliphatic hydroxyl groups is 1. The molecule has 2 rings (SSSR count). The van der Waals surface area contributed by atoms with E-state index >= 15 is 0 Å². The summed E-state index contributed by atoms with van der Waals surface area (Å²) in [7, 11) is 0. The van der Waals surface area contributed by atoms with Crippen LogP contribution >= 0.6 is 0 Å². The number of carbonyl (C=O) groups excluding carboxylic acids is 2. The number of hydrogen-bond donors (Lipinski definition) is 3. The molecule has 1 amide bonds. The summed E-state index contributed by atoms with van der Waals surface area (Å²) < 4.78 is 32.3. The van der Waals surface area contributed by atoms with Gasteiger partial charge in [-0.1, -0.05) is 26.0 Å². The van der Waals surface area contributed by atoms with Crippen molar-refractivity contribution in [3.05, 3.63) is 46.7 Å². The molecule has 0 bridgehead atoms. The maximum atomic E-state index is 13.8. The molecule has 1 aliphatic rings. The van der Waals surface area contributed by atoms with Gasteiger partial charge >= 0.3 is 5.97 Å². The van der Waals surface area contributed by atoms with Crippen molar-refractivity contribution in [2.24, 2.45) is 5.92 Å². The number of ether oxygens (including phenoxy) is 1. The lowest BCUT2D eigenvalue weighted by Gasteiger charge is -2.25. The second-order valence-electron chi connectivity index (χ2n) is 7.47. The van der Waals surface area contributed by atoms with Gasteiger partial charge in [0.2, 0.25) is 0 Å². The van der Waals surface area contributed by atoms with Crippen molar-refractivity contribution in [3.63, 3.8) is 0 Å². The van der Waals surface area contributed by atoms with Crippen LogP contribution in [0.1, 0.15) is 39.2 Å². The molecule has 1 saturated heterocycles. The Morgan fingerprint density at radius 2 is 2.07 bits per heavy atom. The van der Waals surface area contributed by atoms with Gasteiger partial charge in [0.1, 0.15) is 5.76 Å². The number of esters is 1. The molecule has 0 spiro atoms. The van der Waals surface area contributed by atoms with E-state index in [1.807, 2.05) is 13.8 Å². The van der Waals surface area contributed by atoms with Crippen molar-refractivity contribution < 1.29 is 28.2 Å². The molecule has 3 N–H and O–H groups in total. The van der Waals surface area contributed by atoms with Gasteiger partial charge in [0.05, 0.1) is 12.1 Å². The van der Waals surface area contributed by atoms with Gasteiger partial charge in [-0.3, -0.25) is 4.79 Å². The molecule has 1 fully saturated rings. The van der Waals surface area contributed by atoms with E-state index in [-0.39, 0.29) is 24.6 Å². The molecular formula is C20H26F2N2O4. The zero-order chi connectivity index (χ0) is 20.9. The minimum atomic E-state index is -1.08. The van der Waals surface area contributed by atoms with Gasteiger partial charge in [-0.2, -0.15) is 0 Å². The van der Waals surface area contributed by atoms with Crippen LogP contribution in [0.15, 0.2) is 29.5 Å². The van der Waals surface area contributed by atoms with E-state index in [0.29, 0.717) is 13.0 Å². The van der Waals surface area contributed by atoms with Crippen molar-refractivity contribution in [3.8, 4) is 0 Å². The van der Waals surface area contributed by atoms with Crippen LogP contribution in [-0.2, 0) is 20.9 Å². The summed E-state index contributed by atoms with van der Waals surface area (Å²) in [5.74, 6) is -4.37. The van der Waals surface area contributed by atoms with Gasteiger partial charge in [0, 0.05) is 12.1 Å². The topological polar surface area (TPSA) is 87.7 Å². The molecule has 6 nitrogen and oxygen atoms in total. The minimum Gasteiger partial charge on any atom is -0.509 e. The predicted octanol–water partition coefficient (Wildman–Crippen LogP) is 2.73. The Kier molecular flexibility index (Phi) is 7.12. The van der Waals surface area contributed by atoms with Crippen LogP contribution < -0.4 is 10.6 Å². The lowest BCUT2D eigenvalue weighted by molar-refractivity contribution is -0.142. The summed E-state index contributed by atoms with van der Waals surface area (Å²) >= 11 is 0. The van der Waals surface area contributed by atoms with E-state index in [1.54, 1.807) is 6.92 Å². The molecule has 1 aromatic carbocycles. The third-order valence-corrected chi connectivity index (χ3v) is 4.58. The monoisotopic (exact) mass is 396 g/mol. The highest BCUT2D eigenvalue weighted by Gasteiger charge is 2.39. The SMILES string of the molecule is CC(C)COC(=O)/C(C(=O)NCc1cccc(F)c1F)=C(\O)C1(C)CCCN1. The van der Waals surface area contributed by atoms with Gasteiger partial charge in [-0.15, -0.1) is 0 Å². The minimum absolute atomic E-state index is 0.0389. The van der Waals surface area contributed by atoms with E-state index in [0.717, 1.165) is 12.5 Å². The van der Waals surface area contributed by atoms with E-state index < -0.39 is 40.4 Å². The molecule has 1 aliphatic heterocycles. The zero-order valence-corrected chi connectivity index (χ0v) is 16.3. The van der Waals surface area contributed by atoms with E-state index in [1.165, 1.54) is 12.1 Å². The van der Waals surface area contributed by atoms with Crippen molar-refractivity contribution in [1.82, 2.24) is 10.6 Å². The Bertz CT molecular complexity index is 771. The normalized spacial score (nSPS) is 20.1. The summed E-state index contributed by atoms with van der Waals surface area (Å²) in [6.45, 7) is 5.72. The Balaban J connectivity index is 2.26. The second-order valence-corrected chi connectivity index (χ2v) is 7.47. The largest absolute Gasteiger partial charge is 0.509 e. The van der Waals surface area contributed by atoms with Crippen LogP contribution in [0.25, 0.3) is 0 Å². The fourth-order valence-corrected chi connectivity index (χ4v) is 2.93. The Hall–Kier alpha value is -2.48. The number of hydrogen-bond acceptors (Lipinski definition) is 5. The van der Waals surface area contributed by atoms with E-state index in [4.69, 9.17) is 4.74 Å². The van der Waals surface area contributed by atoms with E-state index in [2.05, 4.69) is 10.6 Å². The first-order chi connectivity index (χ1) is 13.2. The molecule has 8 heteroatoms. The molecule has 1 unspecified atom stereocenters. The van der Waals surface area contributed by atoms with Crippen molar-refractivity contribution in [2.75, 3.05) is 13.2 Å². The number of rotatable bonds is 7. The summed E-state index contributed by atoms with van der Waals surface area (Å²) in [6.07, 6.45) is 1.30. The van der Waals surface area contributed by atoms with Crippen molar-refractivity contribution in [1.29, 1.82) is 0 Å². The van der Waals surface area contributed by atoms with Gasteiger partial charge in [0.25, 0.3) is 5.91 Å². The van der Waals surface area contributed by atoms with Crippen LogP contribution in [0.3, 0.4) is 0 Å². The lowest BCUT2D eigenvalue weighted by atomic mass is 9.93. The number of halogens is 2. The standard InChI is InChI=1S/C20H26F2N2O4/c1-12(2)11-28-19(27)15(17(25)20(3)8-5-9-24-20)18(26)23-10-13-6-4-7-14(21)16(13)22/h4,6-7,12,24-25H,5,8-11H2,1-3H3,(H,23,26)/b17-15-. The average molecular weight is 396 g/mol. The van der Waals surface area contributed by atoms with Gasteiger partial charge < -0.3 is 20.5 Å². The first kappa shape index (κ1) is 21.8. The molecule has 154 valence electrons. The molecule has 0 aromatic heterocycles. The Morgan fingerprint density at radius 1 is 1.36 bits per heavy atom. The first-order valence-corrected chi connectivity index (χ1v) is 9.22. The fraction of sp³-hybridized carbons (Fsp3) is 0.500. The highest BCUT2D eigenvalue weighted by atomic mass is 19.2. The Morgan fingerprint density at radius 3 is 2.68 bits per heavy atom. The summed E-state index contributed by atoms with van der Waals surface area (Å²) in [4.78, 5) is 25.2. The molecule has 0 aliphatic carbocycles. The maximum Gasteiger partial charge on any atom is 0.347 e. The van der Waals surface area contributed by atoms with Gasteiger partial charge in [0.15, 0.2) is 17.2 Å². The van der Waals surface area contributed by atoms with Gasteiger partial charge in [-0.05, 0) is 38.3 Å². The lowest BCUT2D eigenvalue weighted by Crippen LogP contribution is -2.42. The number of amides is 1. The molecular weight excluding hydrogens is 370 g/mol. The quantitative estimate of drug-likeness (QED) is 0.217. The highest BCUT2D eigenvalue weighted by Crippen LogP contribution is 2.28. The summed E-state index contributed by atoms with van der Waals surface area (Å²) in [5, 5.41) is 16.1. The third-order valence-electron chi connectivity index (χ3n) is 4.58. The summed E-state index contributed by atoms with van der Waals surface area (Å²) in [6, 6.07) is 3.60. The fourth-order valence-electron chi connectivity index (χ4n) is 2.93.